The summed E-state index contributed by atoms with van der Waals surface area (Å²) in [5.74, 6) is -2.03. The van der Waals surface area contributed by atoms with Gasteiger partial charge in [0.1, 0.15) is 0 Å². The molecule has 0 radical (unpaired) electrons. The van der Waals surface area contributed by atoms with Gasteiger partial charge in [-0.25, -0.2) is 13.3 Å². The van der Waals surface area contributed by atoms with Crippen LogP contribution in [0.3, 0.4) is 0 Å². The van der Waals surface area contributed by atoms with Gasteiger partial charge in [0.05, 0.1) is 22.9 Å². The van der Waals surface area contributed by atoms with Crippen molar-refractivity contribution in [2.75, 3.05) is 37.0 Å². The number of hydrogen-bond acceptors (Lipinski definition) is 8. The van der Waals surface area contributed by atoms with Gasteiger partial charge in [0.2, 0.25) is 0 Å². The number of hydrogen-bond donors (Lipinski definition) is 1. The van der Waals surface area contributed by atoms with E-state index in [0.717, 1.165) is 50.1 Å². The summed E-state index contributed by atoms with van der Waals surface area (Å²) in [5, 5.41) is 16.4. The van der Waals surface area contributed by atoms with Crippen LogP contribution in [0.4, 0.5) is 5.69 Å². The monoisotopic (exact) mass is 738 g/mol. The number of aliphatic hydroxyl groups excluding tert-OH is 1. The van der Waals surface area contributed by atoms with Crippen molar-refractivity contribution in [2.45, 2.75) is 31.1 Å². The predicted octanol–water partition coefficient (Wildman–Crippen LogP) is 7.26. The molecule has 0 spiro atoms. The van der Waals surface area contributed by atoms with Gasteiger partial charge in [-0.05, 0) is 104 Å². The molecule has 0 fully saturated rings. The number of benzene rings is 7. The van der Waals surface area contributed by atoms with Crippen LogP contribution in [-0.4, -0.2) is 74.2 Å². The highest BCUT2D eigenvalue weighted by atomic mass is 32.2. The van der Waals surface area contributed by atoms with Crippen LogP contribution in [0.25, 0.3) is 53.9 Å². The lowest BCUT2D eigenvalue weighted by Crippen LogP contribution is -2.41. The number of ether oxygens (including phenoxy) is 1. The van der Waals surface area contributed by atoms with Gasteiger partial charge in [-0.15, -0.1) is 0 Å². The van der Waals surface area contributed by atoms with Crippen LogP contribution >= 0.6 is 0 Å². The molecule has 270 valence electrons. The maximum absolute atomic E-state index is 14.3. The minimum atomic E-state index is -3.66. The number of unbranched alkanes of at least 4 members (excludes halogenated alkanes) is 1. The predicted molar refractivity (Wildman–Crippen MR) is 208 cm³/mol. The Hall–Kier alpha value is -5.75. The summed E-state index contributed by atoms with van der Waals surface area (Å²) >= 11 is 0. The van der Waals surface area contributed by atoms with Gasteiger partial charge in [-0.1, -0.05) is 49.7 Å². The van der Waals surface area contributed by atoms with Crippen LogP contribution in [0.5, 0.6) is 0 Å². The van der Waals surface area contributed by atoms with Crippen molar-refractivity contribution in [3.05, 3.63) is 107 Å². The smallest absolute Gasteiger partial charge is 0.265 e. The molecule has 2 aliphatic rings. The van der Waals surface area contributed by atoms with Gasteiger partial charge in [0, 0.05) is 52.8 Å². The van der Waals surface area contributed by atoms with Gasteiger partial charge < -0.3 is 9.84 Å². The largest absolute Gasteiger partial charge is 0.395 e. The number of carbonyl (C=O) groups is 4. The van der Waals surface area contributed by atoms with Crippen molar-refractivity contribution in [3.8, 4) is 0 Å². The summed E-state index contributed by atoms with van der Waals surface area (Å²) in [6.45, 7) is 2.98. The summed E-state index contributed by atoms with van der Waals surface area (Å²) in [6, 6.07) is 24.1. The molecule has 0 atom stereocenters. The Bertz CT molecular complexity index is 2780. The molecule has 2 heterocycles. The number of nitrogens with zero attached hydrogens (tertiary/aromatic N) is 2. The Morgan fingerprint density at radius 1 is 0.593 bits per heavy atom. The first-order valence-electron chi connectivity index (χ1n) is 18.0. The molecule has 4 amide bonds. The summed E-state index contributed by atoms with van der Waals surface area (Å²) in [6.07, 6.45) is 2.54. The third-order valence-electron chi connectivity index (χ3n) is 10.8. The summed E-state index contributed by atoms with van der Waals surface area (Å²) < 4.78 is 30.7. The molecule has 7 aromatic carbocycles. The molecule has 0 aromatic heterocycles. The van der Waals surface area contributed by atoms with E-state index in [-0.39, 0.29) is 23.3 Å². The van der Waals surface area contributed by atoms with Gasteiger partial charge >= 0.3 is 0 Å². The van der Waals surface area contributed by atoms with E-state index in [1.807, 2.05) is 24.3 Å². The highest BCUT2D eigenvalue weighted by molar-refractivity contribution is 7.91. The third-order valence-corrected chi connectivity index (χ3v) is 12.5. The Balaban J connectivity index is 1.12. The van der Waals surface area contributed by atoms with Gasteiger partial charge in [0.25, 0.3) is 23.6 Å². The second kappa shape index (κ2) is 12.7. The SMILES string of the molecule is CCCCOCCCN1C(=O)c2ccc3c4ccc5c6c(ccc(c7ccc(c2c37)C1=O)c64)C(=O)N(c1ccc2cc(S(=O)(=O)CCO)ccc2c1)C5=O. The maximum Gasteiger partial charge on any atom is 0.265 e. The first-order valence-corrected chi connectivity index (χ1v) is 19.7. The molecule has 0 unspecified atom stereocenters. The van der Waals surface area contributed by atoms with Crippen LogP contribution in [0.15, 0.2) is 89.8 Å². The van der Waals surface area contributed by atoms with Crippen LogP contribution in [0, 0.1) is 0 Å². The molecule has 10 nitrogen and oxygen atoms in total. The molecule has 7 aromatic rings. The average molecular weight is 739 g/mol. The number of sulfone groups is 1. The van der Waals surface area contributed by atoms with Crippen molar-refractivity contribution in [3.63, 3.8) is 0 Å². The minimum Gasteiger partial charge on any atom is -0.395 e. The molecule has 0 saturated heterocycles. The van der Waals surface area contributed by atoms with Gasteiger partial charge in [-0.3, -0.25) is 24.1 Å². The molecule has 0 aliphatic carbocycles. The number of imide groups is 2. The van der Waals surface area contributed by atoms with Crippen molar-refractivity contribution in [2.24, 2.45) is 0 Å². The first-order chi connectivity index (χ1) is 26.1. The maximum atomic E-state index is 14.3. The zero-order valence-corrected chi connectivity index (χ0v) is 30.2. The Labute approximate surface area is 309 Å². The van der Waals surface area contributed by atoms with Crippen LogP contribution in [0.1, 0.15) is 67.6 Å². The third kappa shape index (κ3) is 4.95. The molecular weight excluding hydrogens is 705 g/mol. The second-order valence-corrected chi connectivity index (χ2v) is 16.0. The number of amides is 4. The number of carbonyl (C=O) groups excluding carboxylic acids is 4. The van der Waals surface area contributed by atoms with Gasteiger partial charge in [0.15, 0.2) is 9.84 Å². The fourth-order valence-electron chi connectivity index (χ4n) is 8.21. The minimum absolute atomic E-state index is 0.0802. The average Bonchev–Trinajstić information content (AvgIpc) is 3.17. The zero-order valence-electron chi connectivity index (χ0n) is 29.3. The fourth-order valence-corrected chi connectivity index (χ4v) is 9.27. The molecule has 11 heteroatoms. The Morgan fingerprint density at radius 2 is 1.09 bits per heavy atom. The van der Waals surface area contributed by atoms with Crippen LogP contribution < -0.4 is 4.90 Å². The van der Waals surface area contributed by atoms with E-state index >= 15 is 0 Å². The van der Waals surface area contributed by atoms with Crippen LogP contribution in [-0.2, 0) is 14.6 Å². The number of anilines is 1. The number of fused-ring (bicyclic) bond motifs is 3. The van der Waals surface area contributed by atoms with Crippen molar-refractivity contribution in [1.29, 1.82) is 0 Å². The van der Waals surface area contributed by atoms with E-state index in [0.29, 0.717) is 69.1 Å². The van der Waals surface area contributed by atoms with E-state index < -0.39 is 34.0 Å². The molecule has 54 heavy (non-hydrogen) atoms. The summed E-state index contributed by atoms with van der Waals surface area (Å²) in [7, 11) is -3.66. The molecule has 1 N–H and O–H groups in total. The molecule has 0 saturated carbocycles. The standard InChI is InChI=1S/C43H34N2O8S/c1-2-3-19-53-20-4-17-44-40(47)32-13-9-28-30-11-15-34-39-35(16-12-31(37(30)39)29-10-14-33(41(44)48)38(32)36(28)29)43(50)45(42(34)49)26-7-5-25-23-27(8-6-24(25)22-26)54(51,52)21-18-46/h5-16,22-23,46H,2-4,17-21H2,1H3. The van der Waals surface area contributed by atoms with E-state index in [9.17, 15) is 32.7 Å². The van der Waals surface area contributed by atoms with Crippen molar-refractivity contribution < 1.29 is 37.4 Å². The molecule has 9 rings (SSSR count). The topological polar surface area (TPSA) is 138 Å². The number of aliphatic hydroxyl groups is 1. The normalized spacial score (nSPS) is 14.6. The lowest BCUT2D eigenvalue weighted by molar-refractivity contribution is 0.0582. The van der Waals surface area contributed by atoms with Crippen molar-refractivity contribution >= 4 is 93.0 Å². The van der Waals surface area contributed by atoms with E-state index in [4.69, 9.17) is 4.74 Å². The Morgan fingerprint density at radius 3 is 1.63 bits per heavy atom. The number of rotatable bonds is 11. The molecular formula is C43H34N2O8S. The van der Waals surface area contributed by atoms with Crippen LogP contribution in [0.2, 0.25) is 0 Å². The zero-order chi connectivity index (χ0) is 37.5. The first kappa shape index (κ1) is 34.0. The van der Waals surface area contributed by atoms with Crippen molar-refractivity contribution in [1.82, 2.24) is 4.90 Å². The van der Waals surface area contributed by atoms with Gasteiger partial charge in [-0.2, -0.15) is 0 Å². The quantitative estimate of drug-likeness (QED) is 0.0634. The van der Waals surface area contributed by atoms with E-state index in [1.165, 1.54) is 17.0 Å². The lowest BCUT2D eigenvalue weighted by atomic mass is 9.82. The highest BCUT2D eigenvalue weighted by Gasteiger charge is 2.37. The molecule has 0 bridgehead atoms. The molecule has 2 aliphatic heterocycles. The second-order valence-electron chi connectivity index (χ2n) is 13.9. The van der Waals surface area contributed by atoms with E-state index in [1.54, 1.807) is 48.5 Å². The highest BCUT2D eigenvalue weighted by Crippen LogP contribution is 2.46. The lowest BCUT2D eigenvalue weighted by Gasteiger charge is -2.30. The summed E-state index contributed by atoms with van der Waals surface area (Å²) in [5.41, 5.74) is 2.00. The van der Waals surface area contributed by atoms with E-state index in [2.05, 4.69) is 6.92 Å². The fraction of sp³-hybridized carbons (Fsp3) is 0.209. The summed E-state index contributed by atoms with van der Waals surface area (Å²) in [4.78, 5) is 58.7. The Kier molecular flexibility index (Phi) is 8.00.